The summed E-state index contributed by atoms with van der Waals surface area (Å²) >= 11 is 0. The van der Waals surface area contributed by atoms with E-state index in [1.807, 2.05) is 18.9 Å². The smallest absolute Gasteiger partial charge is 0.230 e. The maximum Gasteiger partial charge on any atom is 0.230 e. The molecule has 0 atom stereocenters. The summed E-state index contributed by atoms with van der Waals surface area (Å²) in [5.41, 5.74) is -0.510. The zero-order chi connectivity index (χ0) is 12.2. The average molecular weight is 229 g/mol. The molecule has 0 aliphatic rings. The quantitative estimate of drug-likeness (QED) is 0.703. The van der Waals surface area contributed by atoms with E-state index in [0.29, 0.717) is 24.9 Å². The van der Waals surface area contributed by atoms with Crippen LogP contribution in [0.15, 0.2) is 4.42 Å². The van der Waals surface area contributed by atoms with Crippen molar-refractivity contribution in [3.63, 3.8) is 0 Å². The number of aromatic nitrogens is 2. The number of rotatable bonds is 6. The van der Waals surface area contributed by atoms with Crippen LogP contribution in [0.1, 0.15) is 18.7 Å². The Kier molecular flexibility index (Phi) is 4.40. The zero-order valence-electron chi connectivity index (χ0n) is 9.97. The van der Waals surface area contributed by atoms with Gasteiger partial charge in [-0.1, -0.05) is 6.92 Å². The summed E-state index contributed by atoms with van der Waals surface area (Å²) in [6, 6.07) is 0. The molecule has 0 aliphatic heterocycles. The van der Waals surface area contributed by atoms with Crippen LogP contribution in [-0.4, -0.2) is 52.1 Å². The lowest BCUT2D eigenvalue weighted by atomic mass is 9.92. The number of nitrogens with zero attached hydrogens (tertiary/aromatic N) is 3. The fraction of sp³-hybridized carbons (Fsp3) is 0.800. The monoisotopic (exact) mass is 229 g/mol. The standard InChI is InChI=1S/C10H19N3O3/c1-8-11-12-9(16-8)4-13(3)5-10(2,6-14)7-15/h14-15H,4-7H2,1-3H3. The number of aryl methyl sites for hydroxylation is 1. The van der Waals surface area contributed by atoms with Gasteiger partial charge in [0, 0.05) is 18.9 Å². The van der Waals surface area contributed by atoms with Gasteiger partial charge in [0.05, 0.1) is 19.8 Å². The molecule has 0 aliphatic carbocycles. The second kappa shape index (κ2) is 5.38. The van der Waals surface area contributed by atoms with Gasteiger partial charge in [0.15, 0.2) is 0 Å². The summed E-state index contributed by atoms with van der Waals surface area (Å²) in [5, 5.41) is 26.0. The van der Waals surface area contributed by atoms with Crippen LogP contribution in [0.4, 0.5) is 0 Å². The summed E-state index contributed by atoms with van der Waals surface area (Å²) in [6.45, 7) is 4.51. The summed E-state index contributed by atoms with van der Waals surface area (Å²) in [5.74, 6) is 1.08. The molecule has 1 aromatic heterocycles. The highest BCUT2D eigenvalue weighted by atomic mass is 16.4. The van der Waals surface area contributed by atoms with Crippen LogP contribution in [0.5, 0.6) is 0 Å². The Hall–Kier alpha value is -0.980. The third-order valence-electron chi connectivity index (χ3n) is 2.39. The highest BCUT2D eigenvalue weighted by Crippen LogP contribution is 2.16. The Balaban J connectivity index is 2.50. The van der Waals surface area contributed by atoms with Crippen molar-refractivity contribution in [1.29, 1.82) is 0 Å². The van der Waals surface area contributed by atoms with E-state index in [1.165, 1.54) is 0 Å². The van der Waals surface area contributed by atoms with Crippen molar-refractivity contribution < 1.29 is 14.6 Å². The highest BCUT2D eigenvalue weighted by Gasteiger charge is 2.24. The lowest BCUT2D eigenvalue weighted by Crippen LogP contribution is -2.38. The number of aliphatic hydroxyl groups excluding tert-OH is 2. The third-order valence-corrected chi connectivity index (χ3v) is 2.39. The fourth-order valence-corrected chi connectivity index (χ4v) is 1.49. The molecule has 6 heteroatoms. The van der Waals surface area contributed by atoms with Crippen molar-refractivity contribution in [2.75, 3.05) is 26.8 Å². The van der Waals surface area contributed by atoms with Crippen molar-refractivity contribution in [1.82, 2.24) is 15.1 Å². The predicted octanol–water partition coefficient (Wildman–Crippen LogP) is -0.199. The first-order valence-corrected chi connectivity index (χ1v) is 5.18. The molecule has 0 radical (unpaired) electrons. The lowest BCUT2D eigenvalue weighted by molar-refractivity contribution is 0.0382. The molecule has 0 amide bonds. The van der Waals surface area contributed by atoms with E-state index in [2.05, 4.69) is 10.2 Å². The minimum atomic E-state index is -0.510. The van der Waals surface area contributed by atoms with Crippen LogP contribution in [-0.2, 0) is 6.54 Å². The van der Waals surface area contributed by atoms with Gasteiger partial charge in [-0.3, -0.25) is 4.90 Å². The van der Waals surface area contributed by atoms with Crippen molar-refractivity contribution in [2.45, 2.75) is 20.4 Å². The predicted molar refractivity (Wildman–Crippen MR) is 57.6 cm³/mol. The molecule has 0 aromatic carbocycles. The molecule has 0 bridgehead atoms. The van der Waals surface area contributed by atoms with Gasteiger partial charge >= 0.3 is 0 Å². The van der Waals surface area contributed by atoms with E-state index in [0.717, 1.165) is 0 Å². The molecule has 92 valence electrons. The van der Waals surface area contributed by atoms with Gasteiger partial charge in [-0.05, 0) is 7.05 Å². The van der Waals surface area contributed by atoms with Crippen LogP contribution in [0, 0.1) is 12.3 Å². The number of aliphatic hydroxyl groups is 2. The van der Waals surface area contributed by atoms with E-state index in [1.54, 1.807) is 6.92 Å². The average Bonchev–Trinajstić information content (AvgIpc) is 2.63. The molecule has 0 saturated carbocycles. The van der Waals surface area contributed by atoms with Gasteiger partial charge in [-0.25, -0.2) is 0 Å². The Labute approximate surface area is 94.9 Å². The summed E-state index contributed by atoms with van der Waals surface area (Å²) in [6.07, 6.45) is 0. The second-order valence-electron chi connectivity index (χ2n) is 4.51. The zero-order valence-corrected chi connectivity index (χ0v) is 9.97. The van der Waals surface area contributed by atoms with E-state index in [4.69, 9.17) is 14.6 Å². The van der Waals surface area contributed by atoms with Crippen molar-refractivity contribution in [3.8, 4) is 0 Å². The van der Waals surface area contributed by atoms with Crippen molar-refractivity contribution in [3.05, 3.63) is 11.8 Å². The van der Waals surface area contributed by atoms with Gasteiger partial charge in [0.1, 0.15) is 0 Å². The first kappa shape index (κ1) is 13.1. The van der Waals surface area contributed by atoms with Gasteiger partial charge in [-0.15, -0.1) is 10.2 Å². The van der Waals surface area contributed by atoms with Gasteiger partial charge in [0.2, 0.25) is 11.8 Å². The molecule has 16 heavy (non-hydrogen) atoms. The van der Waals surface area contributed by atoms with Crippen molar-refractivity contribution >= 4 is 0 Å². The molecule has 2 N–H and O–H groups in total. The first-order valence-electron chi connectivity index (χ1n) is 5.18. The topological polar surface area (TPSA) is 82.6 Å². The molecular formula is C10H19N3O3. The number of hydrogen-bond donors (Lipinski definition) is 2. The summed E-state index contributed by atoms with van der Waals surface area (Å²) in [7, 11) is 1.88. The molecule has 1 aromatic rings. The minimum absolute atomic E-state index is 0.0588. The SMILES string of the molecule is Cc1nnc(CN(C)CC(C)(CO)CO)o1. The van der Waals surface area contributed by atoms with Crippen LogP contribution in [0.2, 0.25) is 0 Å². The van der Waals surface area contributed by atoms with Gasteiger partial charge < -0.3 is 14.6 Å². The van der Waals surface area contributed by atoms with Crippen LogP contribution in [0.3, 0.4) is 0 Å². The van der Waals surface area contributed by atoms with Gasteiger partial charge in [0.25, 0.3) is 0 Å². The van der Waals surface area contributed by atoms with Crippen LogP contribution >= 0.6 is 0 Å². The summed E-state index contributed by atoms with van der Waals surface area (Å²) < 4.78 is 5.25. The molecule has 1 rings (SSSR count). The molecule has 0 unspecified atom stereocenters. The Morgan fingerprint density at radius 3 is 2.38 bits per heavy atom. The van der Waals surface area contributed by atoms with E-state index in [9.17, 15) is 0 Å². The molecular weight excluding hydrogens is 210 g/mol. The number of hydrogen-bond acceptors (Lipinski definition) is 6. The largest absolute Gasteiger partial charge is 0.424 e. The minimum Gasteiger partial charge on any atom is -0.424 e. The first-order chi connectivity index (χ1) is 7.49. The third kappa shape index (κ3) is 3.55. The van der Waals surface area contributed by atoms with Crippen LogP contribution in [0.25, 0.3) is 0 Å². The maximum atomic E-state index is 9.17. The normalized spacial score (nSPS) is 12.4. The van der Waals surface area contributed by atoms with Gasteiger partial charge in [-0.2, -0.15) is 0 Å². The van der Waals surface area contributed by atoms with E-state index in [-0.39, 0.29) is 13.2 Å². The highest BCUT2D eigenvalue weighted by molar-refractivity contribution is 4.81. The molecule has 6 nitrogen and oxygen atoms in total. The Bertz CT molecular complexity index is 323. The molecule has 0 spiro atoms. The summed E-state index contributed by atoms with van der Waals surface area (Å²) in [4.78, 5) is 1.93. The molecule has 0 saturated heterocycles. The Morgan fingerprint density at radius 1 is 1.31 bits per heavy atom. The van der Waals surface area contributed by atoms with E-state index < -0.39 is 5.41 Å². The lowest BCUT2D eigenvalue weighted by Gasteiger charge is -2.29. The van der Waals surface area contributed by atoms with Crippen LogP contribution < -0.4 is 0 Å². The van der Waals surface area contributed by atoms with E-state index >= 15 is 0 Å². The maximum absolute atomic E-state index is 9.17. The molecule has 0 fully saturated rings. The molecule has 1 heterocycles. The Morgan fingerprint density at radius 2 is 1.94 bits per heavy atom. The van der Waals surface area contributed by atoms with Crippen molar-refractivity contribution in [2.24, 2.45) is 5.41 Å². The second-order valence-corrected chi connectivity index (χ2v) is 4.51. The fourth-order valence-electron chi connectivity index (χ4n) is 1.49.